The summed E-state index contributed by atoms with van der Waals surface area (Å²) in [4.78, 5) is 4.13. The zero-order valence-electron chi connectivity index (χ0n) is 12.6. The van der Waals surface area contributed by atoms with Gasteiger partial charge in [-0.25, -0.2) is 4.98 Å². The van der Waals surface area contributed by atoms with Crippen molar-refractivity contribution in [2.45, 2.75) is 70.3 Å². The van der Waals surface area contributed by atoms with Crippen LogP contribution in [0.1, 0.15) is 70.3 Å². The molecule has 0 aromatic carbocycles. The van der Waals surface area contributed by atoms with Gasteiger partial charge in [0.15, 0.2) is 0 Å². The Labute approximate surface area is 123 Å². The monoisotopic (exact) mass is 272 g/mol. The second kappa shape index (κ2) is 7.10. The smallest absolute Gasteiger partial charge is 0.0948 e. The number of allylic oxidation sites excluding steroid dienone is 2. The molecule has 0 bridgehead atoms. The summed E-state index contributed by atoms with van der Waals surface area (Å²) in [6, 6.07) is 0.744. The zero-order chi connectivity index (χ0) is 13.6. The van der Waals surface area contributed by atoms with Gasteiger partial charge >= 0.3 is 0 Å². The average molecular weight is 272 g/mol. The first-order valence-electron chi connectivity index (χ1n) is 8.56. The molecule has 2 saturated carbocycles. The van der Waals surface area contributed by atoms with Gasteiger partial charge in [0.2, 0.25) is 0 Å². The summed E-state index contributed by atoms with van der Waals surface area (Å²) >= 11 is 0. The molecular weight excluding hydrogens is 244 g/mol. The molecule has 0 amide bonds. The number of imidazole rings is 1. The van der Waals surface area contributed by atoms with E-state index >= 15 is 0 Å². The van der Waals surface area contributed by atoms with Crippen LogP contribution in [-0.4, -0.2) is 9.55 Å². The Morgan fingerprint density at radius 3 is 2.60 bits per heavy atom. The summed E-state index contributed by atoms with van der Waals surface area (Å²) in [5, 5.41) is 0. The van der Waals surface area contributed by atoms with Crippen LogP contribution in [0.25, 0.3) is 0 Å². The van der Waals surface area contributed by atoms with Crippen molar-refractivity contribution >= 4 is 0 Å². The maximum Gasteiger partial charge on any atom is 0.0948 e. The highest BCUT2D eigenvalue weighted by molar-refractivity contribution is 4.96. The van der Waals surface area contributed by atoms with Gasteiger partial charge in [0.25, 0.3) is 0 Å². The van der Waals surface area contributed by atoms with Crippen LogP contribution in [0.15, 0.2) is 30.9 Å². The van der Waals surface area contributed by atoms with Crippen LogP contribution >= 0.6 is 0 Å². The summed E-state index contributed by atoms with van der Waals surface area (Å²) in [5.74, 6) is 1.93. The molecule has 1 heterocycles. The van der Waals surface area contributed by atoms with E-state index in [1.54, 1.807) is 0 Å². The largest absolute Gasteiger partial charge is 0.334 e. The van der Waals surface area contributed by atoms with E-state index in [9.17, 15) is 0 Å². The Bertz CT molecular complexity index is 401. The highest BCUT2D eigenvalue weighted by atomic mass is 15.1. The number of nitrogens with zero attached hydrogens (tertiary/aromatic N) is 2. The van der Waals surface area contributed by atoms with E-state index < -0.39 is 0 Å². The fourth-order valence-electron chi connectivity index (χ4n) is 3.73. The minimum Gasteiger partial charge on any atom is -0.334 e. The Kier molecular flexibility index (Phi) is 4.94. The lowest BCUT2D eigenvalue weighted by molar-refractivity contribution is 0.341. The first kappa shape index (κ1) is 13.9. The Morgan fingerprint density at radius 1 is 1.05 bits per heavy atom. The third-order valence-electron chi connectivity index (χ3n) is 5.13. The molecule has 3 rings (SSSR count). The summed E-state index contributed by atoms with van der Waals surface area (Å²) in [7, 11) is 0. The van der Waals surface area contributed by atoms with E-state index in [0.717, 1.165) is 17.9 Å². The normalized spacial score (nSPS) is 27.2. The van der Waals surface area contributed by atoms with E-state index in [1.807, 2.05) is 12.5 Å². The lowest BCUT2D eigenvalue weighted by atomic mass is 9.86. The topological polar surface area (TPSA) is 17.8 Å². The molecule has 2 aliphatic carbocycles. The van der Waals surface area contributed by atoms with Crippen molar-refractivity contribution < 1.29 is 0 Å². The zero-order valence-corrected chi connectivity index (χ0v) is 12.6. The van der Waals surface area contributed by atoms with Crippen molar-refractivity contribution in [3.63, 3.8) is 0 Å². The molecule has 2 aliphatic rings. The van der Waals surface area contributed by atoms with Crippen molar-refractivity contribution in [2.24, 2.45) is 11.8 Å². The molecule has 0 unspecified atom stereocenters. The van der Waals surface area contributed by atoms with Crippen LogP contribution in [0.4, 0.5) is 0 Å². The van der Waals surface area contributed by atoms with Crippen molar-refractivity contribution in [2.75, 3.05) is 0 Å². The lowest BCUT2D eigenvalue weighted by Gasteiger charge is -2.20. The van der Waals surface area contributed by atoms with Crippen LogP contribution in [0.3, 0.4) is 0 Å². The predicted octanol–water partition coefficient (Wildman–Crippen LogP) is 5.14. The quantitative estimate of drug-likeness (QED) is 0.628. The molecule has 0 aliphatic heterocycles. The van der Waals surface area contributed by atoms with Crippen LogP contribution in [0.5, 0.6) is 0 Å². The Balaban J connectivity index is 1.24. The summed E-state index contributed by atoms with van der Waals surface area (Å²) in [6.07, 6.45) is 24.9. The van der Waals surface area contributed by atoms with Crippen LogP contribution in [-0.2, 0) is 0 Å². The molecule has 20 heavy (non-hydrogen) atoms. The van der Waals surface area contributed by atoms with Crippen LogP contribution < -0.4 is 0 Å². The van der Waals surface area contributed by atoms with Crippen molar-refractivity contribution in [1.82, 2.24) is 9.55 Å². The maximum absolute atomic E-state index is 4.13. The van der Waals surface area contributed by atoms with Gasteiger partial charge in [-0.2, -0.15) is 0 Å². The van der Waals surface area contributed by atoms with E-state index in [1.165, 1.54) is 64.2 Å². The molecule has 110 valence electrons. The highest BCUT2D eigenvalue weighted by Crippen LogP contribution is 2.46. The molecular formula is C18H28N2. The van der Waals surface area contributed by atoms with E-state index in [2.05, 4.69) is 27.9 Å². The first-order chi connectivity index (χ1) is 9.93. The van der Waals surface area contributed by atoms with Gasteiger partial charge in [-0.05, 0) is 43.9 Å². The van der Waals surface area contributed by atoms with Gasteiger partial charge in [0, 0.05) is 18.4 Å². The fraction of sp³-hybridized carbons (Fsp3) is 0.722. The van der Waals surface area contributed by atoms with Crippen molar-refractivity contribution in [1.29, 1.82) is 0 Å². The SMILES string of the molecule is C(=CCC[C@H]1C[C@@H]1n1ccnc1)CCC1CCCCC1. The van der Waals surface area contributed by atoms with Gasteiger partial charge in [0.1, 0.15) is 0 Å². The van der Waals surface area contributed by atoms with Crippen LogP contribution in [0, 0.1) is 11.8 Å². The first-order valence-corrected chi connectivity index (χ1v) is 8.56. The summed E-state index contributed by atoms with van der Waals surface area (Å²) < 4.78 is 2.28. The molecule has 1 aromatic heterocycles. The molecule has 0 spiro atoms. The van der Waals surface area contributed by atoms with E-state index in [0.29, 0.717) is 0 Å². The van der Waals surface area contributed by atoms with Crippen molar-refractivity contribution in [3.05, 3.63) is 30.9 Å². The maximum atomic E-state index is 4.13. The summed E-state index contributed by atoms with van der Waals surface area (Å²) in [5.41, 5.74) is 0. The second-order valence-electron chi connectivity index (χ2n) is 6.70. The molecule has 2 nitrogen and oxygen atoms in total. The highest BCUT2D eigenvalue weighted by Gasteiger charge is 2.37. The number of aromatic nitrogens is 2. The number of rotatable bonds is 7. The molecule has 2 fully saturated rings. The van der Waals surface area contributed by atoms with Gasteiger partial charge in [-0.15, -0.1) is 0 Å². The predicted molar refractivity (Wildman–Crippen MR) is 83.6 cm³/mol. The summed E-state index contributed by atoms with van der Waals surface area (Å²) in [6.45, 7) is 0. The minimum absolute atomic E-state index is 0.744. The average Bonchev–Trinajstić information content (AvgIpc) is 3.05. The Morgan fingerprint density at radius 2 is 1.85 bits per heavy atom. The van der Waals surface area contributed by atoms with E-state index in [4.69, 9.17) is 0 Å². The molecule has 1 aromatic rings. The molecule has 0 N–H and O–H groups in total. The third kappa shape index (κ3) is 3.97. The van der Waals surface area contributed by atoms with E-state index in [-0.39, 0.29) is 0 Å². The second-order valence-corrected chi connectivity index (χ2v) is 6.70. The molecule has 2 atom stereocenters. The fourth-order valence-corrected chi connectivity index (χ4v) is 3.73. The Hall–Kier alpha value is -1.05. The van der Waals surface area contributed by atoms with Crippen LogP contribution in [0.2, 0.25) is 0 Å². The standard InChI is InChI=1S/C18H28N2/c1(4-8-16-9-5-3-6-10-16)2-7-11-17-14-18(17)20-13-12-19-15-20/h1-2,12-13,15-18H,3-11,14H2/t17-,18-/m0/s1. The molecule has 0 saturated heterocycles. The number of hydrogen-bond acceptors (Lipinski definition) is 1. The van der Waals surface area contributed by atoms with Gasteiger partial charge in [-0.3, -0.25) is 0 Å². The van der Waals surface area contributed by atoms with Crippen molar-refractivity contribution in [3.8, 4) is 0 Å². The van der Waals surface area contributed by atoms with Gasteiger partial charge in [-0.1, -0.05) is 44.3 Å². The third-order valence-corrected chi connectivity index (χ3v) is 5.13. The van der Waals surface area contributed by atoms with Gasteiger partial charge < -0.3 is 4.57 Å². The minimum atomic E-state index is 0.744. The molecule has 0 radical (unpaired) electrons. The van der Waals surface area contributed by atoms with Gasteiger partial charge in [0.05, 0.1) is 6.33 Å². The lowest BCUT2D eigenvalue weighted by Crippen LogP contribution is -2.05. The molecule has 2 heteroatoms. The number of hydrogen-bond donors (Lipinski definition) is 0.